The molecule has 0 atom stereocenters. The Labute approximate surface area is 76.3 Å². The second-order valence-electron chi connectivity index (χ2n) is 2.46. The van der Waals surface area contributed by atoms with Gasteiger partial charge in [-0.3, -0.25) is 4.99 Å². The van der Waals surface area contributed by atoms with Gasteiger partial charge in [0.25, 0.3) is 0 Å². The van der Waals surface area contributed by atoms with Crippen LogP contribution in [0.15, 0.2) is 10.1 Å². The number of thioether (sulfide) groups is 1. The third kappa shape index (κ3) is 2.41. The number of amidine groups is 1. The van der Waals surface area contributed by atoms with E-state index in [2.05, 4.69) is 21.3 Å². The summed E-state index contributed by atoms with van der Waals surface area (Å²) in [6.45, 7) is 2.74. The minimum atomic E-state index is 0.798. The molecule has 12 heavy (non-hydrogen) atoms. The molecule has 0 aromatic carbocycles. The zero-order valence-electron chi connectivity index (χ0n) is 7.10. The molecule has 4 nitrogen and oxygen atoms in total. The molecule has 0 aliphatic carbocycles. The van der Waals surface area contributed by atoms with Crippen molar-refractivity contribution in [2.75, 3.05) is 31.6 Å². The standard InChI is InChI=1S/C7H13N3OS/c1-12-5-4-10-3-2-8-7(10)6-9-11/h6,11H,2-5H2,1H3. The van der Waals surface area contributed by atoms with Gasteiger partial charge in [-0.15, -0.1) is 0 Å². The average Bonchev–Trinajstić information content (AvgIpc) is 2.50. The molecular formula is C7H13N3OS. The molecule has 0 aromatic rings. The molecule has 1 aliphatic heterocycles. The lowest BCUT2D eigenvalue weighted by Crippen LogP contribution is -2.30. The molecule has 0 amide bonds. The van der Waals surface area contributed by atoms with Gasteiger partial charge in [-0.05, 0) is 6.26 Å². The summed E-state index contributed by atoms with van der Waals surface area (Å²) in [6.07, 6.45) is 3.47. The number of hydrogen-bond donors (Lipinski definition) is 1. The third-order valence-corrected chi connectivity index (χ3v) is 2.30. The predicted octanol–water partition coefficient (Wildman–Crippen LogP) is 0.523. The summed E-state index contributed by atoms with van der Waals surface area (Å²) in [7, 11) is 0. The highest BCUT2D eigenvalue weighted by molar-refractivity contribution is 7.98. The van der Waals surface area contributed by atoms with Crippen LogP contribution in [0.2, 0.25) is 0 Å². The summed E-state index contributed by atoms with van der Waals surface area (Å²) in [5, 5.41) is 11.3. The van der Waals surface area contributed by atoms with Gasteiger partial charge in [0.05, 0.1) is 6.54 Å². The highest BCUT2D eigenvalue weighted by Gasteiger charge is 2.13. The third-order valence-electron chi connectivity index (χ3n) is 1.71. The number of nitrogens with zero attached hydrogens (tertiary/aromatic N) is 3. The lowest BCUT2D eigenvalue weighted by atomic mass is 10.5. The Morgan fingerprint density at radius 2 is 2.67 bits per heavy atom. The minimum Gasteiger partial charge on any atom is -0.411 e. The van der Waals surface area contributed by atoms with Crippen molar-refractivity contribution >= 4 is 23.8 Å². The van der Waals surface area contributed by atoms with Gasteiger partial charge in [-0.2, -0.15) is 11.8 Å². The van der Waals surface area contributed by atoms with Crippen LogP contribution in [0.5, 0.6) is 0 Å². The zero-order chi connectivity index (χ0) is 8.81. The smallest absolute Gasteiger partial charge is 0.145 e. The van der Waals surface area contributed by atoms with Gasteiger partial charge in [0, 0.05) is 18.8 Å². The number of hydrogen-bond acceptors (Lipinski definition) is 5. The Morgan fingerprint density at radius 3 is 3.33 bits per heavy atom. The van der Waals surface area contributed by atoms with Gasteiger partial charge in [-0.25, -0.2) is 0 Å². The minimum absolute atomic E-state index is 0.798. The molecule has 0 fully saturated rings. The second-order valence-corrected chi connectivity index (χ2v) is 3.45. The molecule has 68 valence electrons. The molecule has 0 radical (unpaired) electrons. The first-order chi connectivity index (χ1) is 5.88. The van der Waals surface area contributed by atoms with E-state index in [-0.39, 0.29) is 0 Å². The van der Waals surface area contributed by atoms with Crippen LogP contribution < -0.4 is 0 Å². The van der Waals surface area contributed by atoms with Crippen molar-refractivity contribution in [1.29, 1.82) is 0 Å². The Morgan fingerprint density at radius 1 is 1.83 bits per heavy atom. The average molecular weight is 187 g/mol. The normalized spacial score (nSPS) is 17.4. The largest absolute Gasteiger partial charge is 0.411 e. The fraction of sp³-hybridized carbons (Fsp3) is 0.714. The topological polar surface area (TPSA) is 48.2 Å². The van der Waals surface area contributed by atoms with Crippen molar-refractivity contribution in [1.82, 2.24) is 4.90 Å². The molecule has 0 saturated heterocycles. The maximum atomic E-state index is 8.33. The summed E-state index contributed by atoms with van der Waals surface area (Å²) in [5.41, 5.74) is 0. The Bertz CT molecular complexity index is 193. The van der Waals surface area contributed by atoms with Gasteiger partial charge in [0.2, 0.25) is 0 Å². The highest BCUT2D eigenvalue weighted by Crippen LogP contribution is 2.02. The summed E-state index contributed by atoms with van der Waals surface area (Å²) in [4.78, 5) is 6.31. The molecule has 0 bridgehead atoms. The van der Waals surface area contributed by atoms with Crippen molar-refractivity contribution in [3.63, 3.8) is 0 Å². The van der Waals surface area contributed by atoms with Crippen molar-refractivity contribution in [3.8, 4) is 0 Å². The van der Waals surface area contributed by atoms with E-state index in [1.54, 1.807) is 11.8 Å². The van der Waals surface area contributed by atoms with Crippen LogP contribution in [0.3, 0.4) is 0 Å². The molecular weight excluding hydrogens is 174 g/mol. The van der Waals surface area contributed by atoms with Gasteiger partial charge >= 0.3 is 0 Å². The Kier molecular flexibility index (Phi) is 3.93. The maximum Gasteiger partial charge on any atom is 0.145 e. The van der Waals surface area contributed by atoms with Crippen LogP contribution in [0.25, 0.3) is 0 Å². The van der Waals surface area contributed by atoms with E-state index in [0.717, 1.165) is 31.2 Å². The SMILES string of the molecule is CSCCN1CCN=C1C=NO. The molecule has 1 N–H and O–H groups in total. The van der Waals surface area contributed by atoms with Crippen molar-refractivity contribution in [2.45, 2.75) is 0 Å². The zero-order valence-corrected chi connectivity index (χ0v) is 7.92. The fourth-order valence-electron chi connectivity index (χ4n) is 1.10. The van der Waals surface area contributed by atoms with E-state index in [9.17, 15) is 0 Å². The molecule has 1 aliphatic rings. The van der Waals surface area contributed by atoms with Gasteiger partial charge < -0.3 is 10.1 Å². The first-order valence-corrected chi connectivity index (χ1v) is 5.23. The fourth-order valence-corrected chi connectivity index (χ4v) is 1.50. The molecule has 0 saturated carbocycles. The molecule has 0 spiro atoms. The lowest BCUT2D eigenvalue weighted by Gasteiger charge is -2.16. The Hall–Kier alpha value is -0.710. The lowest BCUT2D eigenvalue weighted by molar-refractivity contribution is 0.322. The summed E-state index contributed by atoms with van der Waals surface area (Å²) >= 11 is 1.80. The van der Waals surface area contributed by atoms with E-state index in [4.69, 9.17) is 5.21 Å². The quantitative estimate of drug-likeness (QED) is 0.396. The number of oxime groups is 1. The van der Waals surface area contributed by atoms with E-state index in [1.807, 2.05) is 0 Å². The highest BCUT2D eigenvalue weighted by atomic mass is 32.2. The molecule has 1 rings (SSSR count). The van der Waals surface area contributed by atoms with E-state index >= 15 is 0 Å². The number of aliphatic imine (C=N–C) groups is 1. The van der Waals surface area contributed by atoms with Crippen LogP contribution in [-0.4, -0.2) is 53.8 Å². The Balaban J connectivity index is 2.39. The van der Waals surface area contributed by atoms with E-state index in [1.165, 1.54) is 6.21 Å². The summed E-state index contributed by atoms with van der Waals surface area (Å²) in [5.74, 6) is 1.88. The van der Waals surface area contributed by atoms with Crippen LogP contribution in [0.4, 0.5) is 0 Å². The maximum absolute atomic E-state index is 8.33. The van der Waals surface area contributed by atoms with Crippen molar-refractivity contribution < 1.29 is 5.21 Å². The van der Waals surface area contributed by atoms with Crippen molar-refractivity contribution in [2.24, 2.45) is 10.1 Å². The van der Waals surface area contributed by atoms with Gasteiger partial charge in [-0.1, -0.05) is 5.16 Å². The molecule has 0 unspecified atom stereocenters. The van der Waals surface area contributed by atoms with E-state index in [0.29, 0.717) is 0 Å². The van der Waals surface area contributed by atoms with Gasteiger partial charge in [0.15, 0.2) is 0 Å². The summed E-state index contributed by atoms with van der Waals surface area (Å²) < 4.78 is 0. The number of rotatable bonds is 4. The van der Waals surface area contributed by atoms with Crippen LogP contribution in [0.1, 0.15) is 0 Å². The van der Waals surface area contributed by atoms with Crippen molar-refractivity contribution in [3.05, 3.63) is 0 Å². The van der Waals surface area contributed by atoms with Gasteiger partial charge in [0.1, 0.15) is 12.1 Å². The first kappa shape index (κ1) is 9.38. The van der Waals surface area contributed by atoms with Crippen LogP contribution in [-0.2, 0) is 0 Å². The van der Waals surface area contributed by atoms with Crippen LogP contribution >= 0.6 is 11.8 Å². The van der Waals surface area contributed by atoms with Crippen LogP contribution in [0, 0.1) is 0 Å². The molecule has 0 aromatic heterocycles. The summed E-state index contributed by atoms with van der Waals surface area (Å²) in [6, 6.07) is 0. The van der Waals surface area contributed by atoms with E-state index < -0.39 is 0 Å². The second kappa shape index (κ2) is 5.03. The molecule has 1 heterocycles. The first-order valence-electron chi connectivity index (χ1n) is 3.84. The predicted molar refractivity (Wildman–Crippen MR) is 52.5 cm³/mol. The monoisotopic (exact) mass is 187 g/mol. The molecule has 5 heteroatoms.